The van der Waals surface area contributed by atoms with E-state index in [0.717, 1.165) is 12.0 Å². The lowest BCUT2D eigenvalue weighted by molar-refractivity contribution is 0.0996. The van der Waals surface area contributed by atoms with Gasteiger partial charge in [-0.25, -0.2) is 0 Å². The Balaban J connectivity index is 1.94. The third-order valence-corrected chi connectivity index (χ3v) is 3.86. The molecule has 0 fully saturated rings. The Morgan fingerprint density at radius 3 is 2.68 bits per heavy atom. The van der Waals surface area contributed by atoms with Crippen LogP contribution in [0.15, 0.2) is 57.7 Å². The molecule has 5 heteroatoms. The molecule has 5 nitrogen and oxygen atoms in total. The Labute approximate surface area is 145 Å². The molecule has 1 heterocycles. The summed E-state index contributed by atoms with van der Waals surface area (Å²) in [6.45, 7) is 4.36. The van der Waals surface area contributed by atoms with E-state index >= 15 is 0 Å². The summed E-state index contributed by atoms with van der Waals surface area (Å²) in [6.07, 6.45) is 0.825. The Morgan fingerprint density at radius 2 is 1.92 bits per heavy atom. The first-order valence-corrected chi connectivity index (χ1v) is 8.22. The molecule has 25 heavy (non-hydrogen) atoms. The molecule has 0 aliphatic carbocycles. The van der Waals surface area contributed by atoms with E-state index < -0.39 is 5.91 Å². The van der Waals surface area contributed by atoms with Gasteiger partial charge < -0.3 is 14.5 Å². The molecule has 3 aromatic rings. The lowest BCUT2D eigenvalue weighted by Crippen LogP contribution is -2.15. The fourth-order valence-electron chi connectivity index (χ4n) is 2.57. The number of nitrogens with one attached hydrogen (secondary N) is 1. The van der Waals surface area contributed by atoms with Gasteiger partial charge in [0.2, 0.25) is 0 Å². The Kier molecular flexibility index (Phi) is 4.84. The normalized spacial score (nSPS) is 10.6. The summed E-state index contributed by atoms with van der Waals surface area (Å²) in [5.74, 6) is 0.0350. The molecule has 0 bridgehead atoms. The van der Waals surface area contributed by atoms with Crippen molar-refractivity contribution in [2.45, 2.75) is 20.3 Å². The van der Waals surface area contributed by atoms with Crippen LogP contribution in [0.1, 0.15) is 30.0 Å². The monoisotopic (exact) mass is 337 g/mol. The maximum atomic E-state index is 12.5. The van der Waals surface area contributed by atoms with Crippen molar-refractivity contribution >= 4 is 22.6 Å². The van der Waals surface area contributed by atoms with E-state index in [2.05, 4.69) is 5.32 Å². The molecule has 0 saturated carbocycles. The second-order valence-electron chi connectivity index (χ2n) is 5.54. The summed E-state index contributed by atoms with van der Waals surface area (Å²) < 4.78 is 11.1. The van der Waals surface area contributed by atoms with Crippen LogP contribution >= 0.6 is 0 Å². The van der Waals surface area contributed by atoms with Crippen LogP contribution in [0.2, 0.25) is 0 Å². The van der Waals surface area contributed by atoms with Crippen LogP contribution in [0.25, 0.3) is 11.0 Å². The molecular formula is C20H19NO4. The summed E-state index contributed by atoms with van der Waals surface area (Å²) in [4.78, 5) is 24.8. The summed E-state index contributed by atoms with van der Waals surface area (Å²) in [5.41, 5.74) is 1.73. The number of hydrogen-bond acceptors (Lipinski definition) is 4. The van der Waals surface area contributed by atoms with Crippen molar-refractivity contribution in [3.63, 3.8) is 0 Å². The lowest BCUT2D eigenvalue weighted by atomic mass is 10.1. The molecule has 1 N–H and O–H groups in total. The Hall–Kier alpha value is -3.08. The molecular weight excluding hydrogens is 318 g/mol. The molecule has 0 radical (unpaired) electrons. The average Bonchev–Trinajstić information content (AvgIpc) is 2.63. The van der Waals surface area contributed by atoms with Gasteiger partial charge in [0.05, 0.1) is 17.7 Å². The zero-order valence-electron chi connectivity index (χ0n) is 14.2. The number of benzene rings is 2. The largest absolute Gasteiger partial charge is 0.492 e. The van der Waals surface area contributed by atoms with Crippen LogP contribution < -0.4 is 15.5 Å². The zero-order valence-corrected chi connectivity index (χ0v) is 14.2. The molecule has 3 rings (SSSR count). The van der Waals surface area contributed by atoms with E-state index in [1.165, 1.54) is 6.07 Å². The molecule has 0 aliphatic heterocycles. The van der Waals surface area contributed by atoms with E-state index in [4.69, 9.17) is 9.15 Å². The van der Waals surface area contributed by atoms with Crippen molar-refractivity contribution in [1.29, 1.82) is 0 Å². The topological polar surface area (TPSA) is 68.5 Å². The lowest BCUT2D eigenvalue weighted by Gasteiger charge is -2.11. The minimum atomic E-state index is -0.495. The highest BCUT2D eigenvalue weighted by Crippen LogP contribution is 2.24. The van der Waals surface area contributed by atoms with Crippen LogP contribution in [0, 0.1) is 0 Å². The second kappa shape index (κ2) is 7.21. The predicted octanol–water partition coefficient (Wildman–Crippen LogP) is 4.01. The molecule has 0 unspecified atom stereocenters. The molecule has 128 valence electrons. The SMILES string of the molecule is CCOc1ccccc1NC(=O)c1cc(=O)c2cc(CC)ccc2o1. The van der Waals surface area contributed by atoms with Crippen molar-refractivity contribution < 1.29 is 13.9 Å². The Morgan fingerprint density at radius 1 is 1.12 bits per heavy atom. The van der Waals surface area contributed by atoms with E-state index in [-0.39, 0.29) is 11.2 Å². The zero-order chi connectivity index (χ0) is 17.8. The van der Waals surface area contributed by atoms with Crippen LogP contribution in [0.3, 0.4) is 0 Å². The fourth-order valence-corrected chi connectivity index (χ4v) is 2.57. The summed E-state index contributed by atoms with van der Waals surface area (Å²) >= 11 is 0. The number of hydrogen-bond donors (Lipinski definition) is 1. The van der Waals surface area contributed by atoms with Gasteiger partial charge in [-0.3, -0.25) is 9.59 Å². The second-order valence-corrected chi connectivity index (χ2v) is 5.54. The van der Waals surface area contributed by atoms with Gasteiger partial charge in [-0.05, 0) is 43.2 Å². The molecule has 0 atom stereocenters. The third-order valence-electron chi connectivity index (χ3n) is 3.86. The minimum absolute atomic E-state index is 0.0342. The minimum Gasteiger partial charge on any atom is -0.492 e. The van der Waals surface area contributed by atoms with Gasteiger partial charge in [0, 0.05) is 6.07 Å². The number of aryl methyl sites for hydroxylation is 1. The maximum absolute atomic E-state index is 12.5. The number of rotatable bonds is 5. The highest BCUT2D eigenvalue weighted by atomic mass is 16.5. The van der Waals surface area contributed by atoms with Gasteiger partial charge in [-0.15, -0.1) is 0 Å². The van der Waals surface area contributed by atoms with Gasteiger partial charge >= 0.3 is 0 Å². The molecule has 0 aliphatic rings. The van der Waals surface area contributed by atoms with Gasteiger partial charge in [-0.2, -0.15) is 0 Å². The van der Waals surface area contributed by atoms with E-state index in [1.807, 2.05) is 26.0 Å². The van der Waals surface area contributed by atoms with Crippen LogP contribution in [0.5, 0.6) is 5.75 Å². The smallest absolute Gasteiger partial charge is 0.291 e. The summed E-state index contributed by atoms with van der Waals surface area (Å²) in [7, 11) is 0. The van der Waals surface area contributed by atoms with Crippen molar-refractivity contribution in [2.75, 3.05) is 11.9 Å². The number of fused-ring (bicyclic) bond motifs is 1. The third kappa shape index (κ3) is 3.55. The van der Waals surface area contributed by atoms with Crippen molar-refractivity contribution in [2.24, 2.45) is 0 Å². The number of carbonyl (C=O) groups is 1. The number of carbonyl (C=O) groups excluding carboxylic acids is 1. The first-order valence-electron chi connectivity index (χ1n) is 8.22. The van der Waals surface area contributed by atoms with Gasteiger partial charge in [0.15, 0.2) is 11.2 Å². The number of para-hydroxylation sites is 2. The van der Waals surface area contributed by atoms with Gasteiger partial charge in [0.1, 0.15) is 11.3 Å². The van der Waals surface area contributed by atoms with Crippen molar-refractivity contribution in [3.05, 3.63) is 70.1 Å². The number of ether oxygens (including phenoxy) is 1. The first-order chi connectivity index (χ1) is 12.1. The van der Waals surface area contributed by atoms with Gasteiger partial charge in [0.25, 0.3) is 5.91 Å². The average molecular weight is 337 g/mol. The van der Waals surface area contributed by atoms with E-state index in [1.54, 1.807) is 30.3 Å². The van der Waals surface area contributed by atoms with Crippen LogP contribution in [-0.2, 0) is 6.42 Å². The summed E-state index contributed by atoms with van der Waals surface area (Å²) in [5, 5.41) is 3.21. The number of anilines is 1. The van der Waals surface area contributed by atoms with Gasteiger partial charge in [-0.1, -0.05) is 25.1 Å². The van der Waals surface area contributed by atoms with Crippen molar-refractivity contribution in [3.8, 4) is 5.75 Å². The summed E-state index contributed by atoms with van der Waals surface area (Å²) in [6, 6.07) is 13.7. The molecule has 1 aromatic heterocycles. The first kappa shape index (κ1) is 16.8. The molecule has 0 saturated heterocycles. The predicted molar refractivity (Wildman–Crippen MR) is 97.4 cm³/mol. The van der Waals surface area contributed by atoms with E-state index in [9.17, 15) is 9.59 Å². The molecule has 1 amide bonds. The molecule has 2 aromatic carbocycles. The van der Waals surface area contributed by atoms with Crippen molar-refractivity contribution in [1.82, 2.24) is 0 Å². The molecule has 0 spiro atoms. The number of amides is 1. The Bertz CT molecular complexity index is 975. The van der Waals surface area contributed by atoms with Crippen LogP contribution in [0.4, 0.5) is 5.69 Å². The standard InChI is InChI=1S/C20H19NO4/c1-3-13-9-10-17-14(11-13)16(22)12-19(25-17)20(23)21-15-7-5-6-8-18(15)24-4-2/h5-12H,3-4H2,1-2H3,(H,21,23). The van der Waals surface area contributed by atoms with E-state index in [0.29, 0.717) is 29.0 Å². The highest BCUT2D eigenvalue weighted by Gasteiger charge is 2.14. The quantitative estimate of drug-likeness (QED) is 0.764. The van der Waals surface area contributed by atoms with Crippen LogP contribution in [-0.4, -0.2) is 12.5 Å². The fraction of sp³-hybridized carbons (Fsp3) is 0.200. The maximum Gasteiger partial charge on any atom is 0.291 e. The highest BCUT2D eigenvalue weighted by molar-refractivity contribution is 6.03.